The molecule has 3 rings (SSSR count). The van der Waals surface area contributed by atoms with Crippen LogP contribution < -0.4 is 10.2 Å². The summed E-state index contributed by atoms with van der Waals surface area (Å²) in [4.78, 5) is 15.7. The van der Waals surface area contributed by atoms with Gasteiger partial charge in [-0.25, -0.2) is 4.98 Å². The average Bonchev–Trinajstić information content (AvgIpc) is 2.66. The molecule has 0 amide bonds. The molecular formula is C22H27N5. The van der Waals surface area contributed by atoms with Gasteiger partial charge in [0.15, 0.2) is 0 Å². The third-order valence-corrected chi connectivity index (χ3v) is 4.15. The molecule has 0 aliphatic heterocycles. The molecule has 0 saturated heterocycles. The van der Waals surface area contributed by atoms with Gasteiger partial charge < -0.3 is 10.2 Å². The van der Waals surface area contributed by atoms with Gasteiger partial charge in [0.05, 0.1) is 5.69 Å². The van der Waals surface area contributed by atoms with Crippen LogP contribution in [0, 0.1) is 0 Å². The van der Waals surface area contributed by atoms with Gasteiger partial charge in [-0.1, -0.05) is 30.3 Å². The summed E-state index contributed by atoms with van der Waals surface area (Å²) in [5.74, 6) is 1.55. The standard InChI is InChI=1S/C22H27N5/c1-22(2,3)26-21-24-19(18-8-6-5-7-9-18)16-20(25-21)27(4)15-12-17-10-13-23-14-11-17/h5-11,13-14,16H,12,15H2,1-4H3,(H,24,25,26). The Labute approximate surface area is 161 Å². The molecular weight excluding hydrogens is 334 g/mol. The molecule has 0 atom stereocenters. The first-order chi connectivity index (χ1) is 12.9. The number of rotatable bonds is 6. The fraction of sp³-hybridized carbons (Fsp3) is 0.318. The highest BCUT2D eigenvalue weighted by atomic mass is 15.2. The summed E-state index contributed by atoms with van der Waals surface area (Å²) in [6.07, 6.45) is 4.60. The van der Waals surface area contributed by atoms with E-state index in [1.807, 2.05) is 30.6 Å². The lowest BCUT2D eigenvalue weighted by Crippen LogP contribution is -2.28. The van der Waals surface area contributed by atoms with Crippen molar-refractivity contribution >= 4 is 11.8 Å². The lowest BCUT2D eigenvalue weighted by molar-refractivity contribution is 0.626. The maximum atomic E-state index is 4.75. The van der Waals surface area contributed by atoms with E-state index in [-0.39, 0.29) is 5.54 Å². The van der Waals surface area contributed by atoms with Crippen LogP contribution in [0.5, 0.6) is 0 Å². The van der Waals surface area contributed by atoms with Crippen molar-refractivity contribution in [3.63, 3.8) is 0 Å². The van der Waals surface area contributed by atoms with Crippen LogP contribution in [-0.4, -0.2) is 34.1 Å². The van der Waals surface area contributed by atoms with Gasteiger partial charge in [0.2, 0.25) is 5.95 Å². The Kier molecular flexibility index (Phi) is 5.69. The minimum Gasteiger partial charge on any atom is -0.359 e. The van der Waals surface area contributed by atoms with E-state index in [1.54, 1.807) is 0 Å². The molecule has 0 radical (unpaired) electrons. The summed E-state index contributed by atoms with van der Waals surface area (Å²) in [6.45, 7) is 7.19. The second-order valence-electron chi connectivity index (χ2n) is 7.70. The van der Waals surface area contributed by atoms with Crippen LogP contribution in [0.2, 0.25) is 0 Å². The highest BCUT2D eigenvalue weighted by Crippen LogP contribution is 2.24. The lowest BCUT2D eigenvalue weighted by atomic mass is 10.1. The molecule has 140 valence electrons. The van der Waals surface area contributed by atoms with Crippen molar-refractivity contribution in [3.05, 3.63) is 66.5 Å². The van der Waals surface area contributed by atoms with Crippen molar-refractivity contribution < 1.29 is 0 Å². The van der Waals surface area contributed by atoms with E-state index in [2.05, 4.69) is 73.4 Å². The number of hydrogen-bond acceptors (Lipinski definition) is 5. The molecule has 0 saturated carbocycles. The van der Waals surface area contributed by atoms with E-state index in [0.29, 0.717) is 5.95 Å². The Morgan fingerprint density at radius 2 is 1.67 bits per heavy atom. The van der Waals surface area contributed by atoms with Crippen LogP contribution in [0.15, 0.2) is 60.9 Å². The molecule has 0 fully saturated rings. The Bertz CT molecular complexity index is 857. The third kappa shape index (κ3) is 5.51. The maximum absolute atomic E-state index is 4.75. The van der Waals surface area contributed by atoms with Crippen LogP contribution in [0.25, 0.3) is 11.3 Å². The van der Waals surface area contributed by atoms with Crippen LogP contribution in [0.3, 0.4) is 0 Å². The van der Waals surface area contributed by atoms with Gasteiger partial charge in [-0.2, -0.15) is 4.98 Å². The van der Waals surface area contributed by atoms with E-state index in [0.717, 1.165) is 30.0 Å². The Balaban J connectivity index is 1.87. The van der Waals surface area contributed by atoms with E-state index in [9.17, 15) is 0 Å². The summed E-state index contributed by atoms with van der Waals surface area (Å²) in [5, 5.41) is 3.40. The molecule has 5 heteroatoms. The molecule has 0 spiro atoms. The summed E-state index contributed by atoms with van der Waals surface area (Å²) in [7, 11) is 2.07. The summed E-state index contributed by atoms with van der Waals surface area (Å²) >= 11 is 0. The van der Waals surface area contributed by atoms with Gasteiger partial charge in [0.1, 0.15) is 5.82 Å². The molecule has 2 aromatic heterocycles. The summed E-state index contributed by atoms with van der Waals surface area (Å²) < 4.78 is 0. The second-order valence-corrected chi connectivity index (χ2v) is 7.70. The van der Waals surface area contributed by atoms with Crippen molar-refractivity contribution in [1.82, 2.24) is 15.0 Å². The highest BCUT2D eigenvalue weighted by Gasteiger charge is 2.15. The monoisotopic (exact) mass is 361 g/mol. The Morgan fingerprint density at radius 3 is 2.33 bits per heavy atom. The number of pyridine rings is 1. The quantitative estimate of drug-likeness (QED) is 0.704. The highest BCUT2D eigenvalue weighted by molar-refractivity contribution is 5.64. The molecule has 1 N–H and O–H groups in total. The van der Waals surface area contributed by atoms with Gasteiger partial charge in [0.25, 0.3) is 0 Å². The first-order valence-electron chi connectivity index (χ1n) is 9.23. The van der Waals surface area contributed by atoms with Gasteiger partial charge in [-0.3, -0.25) is 4.98 Å². The first-order valence-corrected chi connectivity index (χ1v) is 9.23. The first kappa shape index (κ1) is 18.8. The van der Waals surface area contributed by atoms with Crippen LogP contribution in [0.1, 0.15) is 26.3 Å². The van der Waals surface area contributed by atoms with Crippen molar-refractivity contribution in [2.75, 3.05) is 23.8 Å². The largest absolute Gasteiger partial charge is 0.359 e. The van der Waals surface area contributed by atoms with Gasteiger partial charge >= 0.3 is 0 Å². The van der Waals surface area contributed by atoms with Crippen molar-refractivity contribution in [2.24, 2.45) is 0 Å². The van der Waals surface area contributed by atoms with E-state index >= 15 is 0 Å². The number of nitrogens with zero attached hydrogens (tertiary/aromatic N) is 4. The molecule has 3 aromatic rings. The Morgan fingerprint density at radius 1 is 0.963 bits per heavy atom. The number of aromatic nitrogens is 3. The summed E-state index contributed by atoms with van der Waals surface area (Å²) in [6, 6.07) is 16.4. The number of likely N-dealkylation sites (N-methyl/N-ethyl adjacent to an activating group) is 1. The number of nitrogens with one attached hydrogen (secondary N) is 1. The van der Waals surface area contributed by atoms with Crippen LogP contribution >= 0.6 is 0 Å². The van der Waals surface area contributed by atoms with E-state index in [4.69, 9.17) is 9.97 Å². The van der Waals surface area contributed by atoms with Crippen LogP contribution in [0.4, 0.5) is 11.8 Å². The van der Waals surface area contributed by atoms with Crippen molar-refractivity contribution in [2.45, 2.75) is 32.7 Å². The Hall–Kier alpha value is -2.95. The topological polar surface area (TPSA) is 53.9 Å². The van der Waals surface area contributed by atoms with Gasteiger partial charge in [-0.05, 0) is 44.9 Å². The normalized spacial score (nSPS) is 11.3. The molecule has 0 aliphatic rings. The molecule has 27 heavy (non-hydrogen) atoms. The number of anilines is 2. The lowest BCUT2D eigenvalue weighted by Gasteiger charge is -2.24. The number of benzene rings is 1. The zero-order valence-corrected chi connectivity index (χ0v) is 16.5. The fourth-order valence-electron chi connectivity index (χ4n) is 2.74. The van der Waals surface area contributed by atoms with Crippen molar-refractivity contribution in [1.29, 1.82) is 0 Å². The third-order valence-electron chi connectivity index (χ3n) is 4.15. The smallest absolute Gasteiger partial charge is 0.225 e. The van der Waals surface area contributed by atoms with Gasteiger partial charge in [-0.15, -0.1) is 0 Å². The molecule has 5 nitrogen and oxygen atoms in total. The predicted octanol–water partition coefficient (Wildman–Crippen LogP) is 4.43. The van der Waals surface area contributed by atoms with Gasteiger partial charge in [0, 0.05) is 43.2 Å². The fourth-order valence-corrected chi connectivity index (χ4v) is 2.74. The molecule has 0 unspecified atom stereocenters. The average molecular weight is 361 g/mol. The van der Waals surface area contributed by atoms with Crippen LogP contribution in [-0.2, 0) is 6.42 Å². The molecule has 1 aromatic carbocycles. The van der Waals surface area contributed by atoms with E-state index < -0.39 is 0 Å². The minimum absolute atomic E-state index is 0.109. The second kappa shape index (κ2) is 8.16. The predicted molar refractivity (Wildman–Crippen MR) is 112 cm³/mol. The maximum Gasteiger partial charge on any atom is 0.225 e. The molecule has 0 aliphatic carbocycles. The molecule has 0 bridgehead atoms. The van der Waals surface area contributed by atoms with Crippen molar-refractivity contribution in [3.8, 4) is 11.3 Å². The zero-order chi connectivity index (χ0) is 19.3. The minimum atomic E-state index is -0.109. The van der Waals surface area contributed by atoms with E-state index in [1.165, 1.54) is 5.56 Å². The zero-order valence-electron chi connectivity index (χ0n) is 16.5. The SMILES string of the molecule is CN(CCc1ccncc1)c1cc(-c2ccccc2)nc(NC(C)(C)C)n1. The summed E-state index contributed by atoms with van der Waals surface area (Å²) in [5.41, 5.74) is 3.16. The molecule has 2 heterocycles. The number of hydrogen-bond donors (Lipinski definition) is 1.